The van der Waals surface area contributed by atoms with Crippen LogP contribution in [0.3, 0.4) is 0 Å². The summed E-state index contributed by atoms with van der Waals surface area (Å²) in [4.78, 5) is 0. The van der Waals surface area contributed by atoms with Gasteiger partial charge in [0.25, 0.3) is 0 Å². The van der Waals surface area contributed by atoms with E-state index in [0.717, 1.165) is 26.1 Å². The largest absolute Gasteiger partial charge is 0.381 e. The molecule has 0 aliphatic rings. The molecule has 1 rings (SSSR count). The Balaban J connectivity index is 2.25. The highest BCUT2D eigenvalue weighted by atomic mass is 16.5. The zero-order valence-corrected chi connectivity index (χ0v) is 15.0. The molecule has 21 heavy (non-hydrogen) atoms. The molecule has 0 radical (unpaired) electrons. The van der Waals surface area contributed by atoms with E-state index in [0.29, 0.717) is 5.41 Å². The van der Waals surface area contributed by atoms with Gasteiger partial charge < -0.3 is 4.74 Å². The summed E-state index contributed by atoms with van der Waals surface area (Å²) in [5.41, 5.74) is 3.57. The summed E-state index contributed by atoms with van der Waals surface area (Å²) in [7, 11) is 0. The fraction of sp³-hybridized carbons (Fsp3) is 0.700. The van der Waals surface area contributed by atoms with Gasteiger partial charge in [0, 0.05) is 6.61 Å². The molecule has 0 N–H and O–H groups in total. The molecule has 0 aromatic heterocycles. The lowest BCUT2D eigenvalue weighted by molar-refractivity contribution is 0.0699. The summed E-state index contributed by atoms with van der Waals surface area (Å²) in [6.45, 7) is 15.3. The Bertz CT molecular complexity index is 389. The Hall–Kier alpha value is -0.820. The van der Waals surface area contributed by atoms with E-state index in [4.69, 9.17) is 4.74 Å². The van der Waals surface area contributed by atoms with Gasteiger partial charge in [-0.3, -0.25) is 0 Å². The zero-order chi connectivity index (χ0) is 15.9. The maximum Gasteiger partial charge on any atom is 0.0514 e. The average molecular weight is 290 g/mol. The molecule has 0 aliphatic heterocycles. The van der Waals surface area contributed by atoms with Crippen LogP contribution in [0.5, 0.6) is 0 Å². The van der Waals surface area contributed by atoms with Crippen LogP contribution in [-0.2, 0) is 17.6 Å². The van der Waals surface area contributed by atoms with Crippen LogP contribution in [0.2, 0.25) is 0 Å². The first-order valence-corrected chi connectivity index (χ1v) is 8.31. The first-order valence-electron chi connectivity index (χ1n) is 8.31. The van der Waals surface area contributed by atoms with E-state index in [1.54, 1.807) is 0 Å². The normalized spacial score (nSPS) is 12.7. The van der Waals surface area contributed by atoms with E-state index in [-0.39, 0.29) is 5.41 Å². The van der Waals surface area contributed by atoms with Crippen LogP contribution in [-0.4, -0.2) is 13.2 Å². The Labute approximate surface area is 132 Å². The summed E-state index contributed by atoms with van der Waals surface area (Å²) in [5, 5.41) is 0. The Morgan fingerprint density at radius 2 is 1.29 bits per heavy atom. The molecule has 0 fully saturated rings. The molecule has 0 atom stereocenters. The highest BCUT2D eigenvalue weighted by Crippen LogP contribution is 2.21. The van der Waals surface area contributed by atoms with Crippen LogP contribution in [0.15, 0.2) is 24.3 Å². The Morgan fingerprint density at radius 1 is 0.762 bits per heavy atom. The van der Waals surface area contributed by atoms with Crippen molar-refractivity contribution in [2.45, 2.75) is 67.2 Å². The second kappa shape index (κ2) is 7.98. The van der Waals surface area contributed by atoms with Gasteiger partial charge in [0.05, 0.1) is 6.61 Å². The zero-order valence-electron chi connectivity index (χ0n) is 15.0. The van der Waals surface area contributed by atoms with Crippen molar-refractivity contribution in [3.05, 3.63) is 35.4 Å². The molecule has 0 unspecified atom stereocenters. The fourth-order valence-corrected chi connectivity index (χ4v) is 2.15. The van der Waals surface area contributed by atoms with Crippen LogP contribution in [0.1, 0.15) is 65.5 Å². The van der Waals surface area contributed by atoms with E-state index in [1.165, 1.54) is 24.0 Å². The van der Waals surface area contributed by atoms with Crippen molar-refractivity contribution in [3.63, 3.8) is 0 Å². The summed E-state index contributed by atoms with van der Waals surface area (Å²) < 4.78 is 5.72. The van der Waals surface area contributed by atoms with Crippen molar-refractivity contribution >= 4 is 0 Å². The van der Waals surface area contributed by atoms with Crippen molar-refractivity contribution in [3.8, 4) is 0 Å². The predicted molar refractivity (Wildman–Crippen MR) is 92.8 cm³/mol. The molecule has 0 spiro atoms. The third-order valence-electron chi connectivity index (χ3n) is 3.48. The molecule has 1 nitrogen and oxygen atoms in total. The monoisotopic (exact) mass is 290 g/mol. The summed E-state index contributed by atoms with van der Waals surface area (Å²) in [6, 6.07) is 9.14. The molecule has 1 heteroatoms. The molecular weight excluding hydrogens is 256 g/mol. The standard InChI is InChI=1S/C20H34O/c1-19(2,3)14-13-18-11-9-17(10-12-18)8-7-15-21-16-20(4,5)6/h9-12H,7-8,13-16H2,1-6H3. The average Bonchev–Trinajstić information content (AvgIpc) is 2.35. The van der Waals surface area contributed by atoms with Gasteiger partial charge in [0.2, 0.25) is 0 Å². The number of hydrogen-bond acceptors (Lipinski definition) is 1. The third kappa shape index (κ3) is 9.68. The van der Waals surface area contributed by atoms with Gasteiger partial charge in [-0.05, 0) is 47.6 Å². The summed E-state index contributed by atoms with van der Waals surface area (Å²) in [5.74, 6) is 0. The number of rotatable bonds is 7. The number of benzene rings is 1. The highest BCUT2D eigenvalue weighted by molar-refractivity contribution is 5.22. The topological polar surface area (TPSA) is 9.23 Å². The smallest absolute Gasteiger partial charge is 0.0514 e. The van der Waals surface area contributed by atoms with E-state index < -0.39 is 0 Å². The molecular formula is C20H34O. The fourth-order valence-electron chi connectivity index (χ4n) is 2.15. The van der Waals surface area contributed by atoms with E-state index in [2.05, 4.69) is 65.8 Å². The van der Waals surface area contributed by atoms with Crippen molar-refractivity contribution in [2.75, 3.05) is 13.2 Å². The number of aryl methyl sites for hydroxylation is 2. The third-order valence-corrected chi connectivity index (χ3v) is 3.48. The van der Waals surface area contributed by atoms with Gasteiger partial charge in [-0.25, -0.2) is 0 Å². The summed E-state index contributed by atoms with van der Waals surface area (Å²) in [6.07, 6.45) is 4.65. The Kier molecular flexibility index (Phi) is 6.93. The molecule has 0 saturated carbocycles. The van der Waals surface area contributed by atoms with Crippen LogP contribution >= 0.6 is 0 Å². The van der Waals surface area contributed by atoms with Crippen molar-refractivity contribution in [1.82, 2.24) is 0 Å². The number of ether oxygens (including phenoxy) is 1. The maximum absolute atomic E-state index is 5.72. The van der Waals surface area contributed by atoms with Gasteiger partial charge in [-0.1, -0.05) is 65.8 Å². The molecule has 0 aliphatic carbocycles. The van der Waals surface area contributed by atoms with Crippen molar-refractivity contribution < 1.29 is 4.74 Å². The van der Waals surface area contributed by atoms with E-state index in [1.807, 2.05) is 0 Å². The second-order valence-corrected chi connectivity index (χ2v) is 8.59. The minimum Gasteiger partial charge on any atom is -0.381 e. The van der Waals surface area contributed by atoms with Gasteiger partial charge in [-0.2, -0.15) is 0 Å². The quantitative estimate of drug-likeness (QED) is 0.589. The second-order valence-electron chi connectivity index (χ2n) is 8.59. The van der Waals surface area contributed by atoms with Gasteiger partial charge in [0.1, 0.15) is 0 Å². The minimum absolute atomic E-state index is 0.273. The lowest BCUT2D eigenvalue weighted by Gasteiger charge is -2.18. The van der Waals surface area contributed by atoms with Gasteiger partial charge >= 0.3 is 0 Å². The molecule has 0 amide bonds. The number of hydrogen-bond donors (Lipinski definition) is 0. The first kappa shape index (κ1) is 18.2. The molecule has 0 bridgehead atoms. The maximum atomic E-state index is 5.72. The van der Waals surface area contributed by atoms with Crippen LogP contribution < -0.4 is 0 Å². The van der Waals surface area contributed by atoms with E-state index >= 15 is 0 Å². The van der Waals surface area contributed by atoms with Crippen LogP contribution in [0, 0.1) is 10.8 Å². The molecule has 0 heterocycles. The predicted octanol–water partition coefficient (Wildman–Crippen LogP) is 5.66. The van der Waals surface area contributed by atoms with Crippen molar-refractivity contribution in [2.24, 2.45) is 10.8 Å². The van der Waals surface area contributed by atoms with Gasteiger partial charge in [-0.15, -0.1) is 0 Å². The minimum atomic E-state index is 0.273. The van der Waals surface area contributed by atoms with Crippen LogP contribution in [0.4, 0.5) is 0 Å². The molecule has 1 aromatic rings. The highest BCUT2D eigenvalue weighted by Gasteiger charge is 2.10. The molecule has 1 aromatic carbocycles. The SMILES string of the molecule is CC(C)(C)CCc1ccc(CCCOCC(C)(C)C)cc1. The van der Waals surface area contributed by atoms with Crippen molar-refractivity contribution in [1.29, 1.82) is 0 Å². The molecule has 0 saturated heterocycles. The summed E-state index contributed by atoms with van der Waals surface area (Å²) >= 11 is 0. The van der Waals surface area contributed by atoms with Gasteiger partial charge in [0.15, 0.2) is 0 Å². The lowest BCUT2D eigenvalue weighted by Crippen LogP contribution is -2.15. The van der Waals surface area contributed by atoms with E-state index in [9.17, 15) is 0 Å². The first-order chi connectivity index (χ1) is 9.66. The Morgan fingerprint density at radius 3 is 1.76 bits per heavy atom. The molecule has 120 valence electrons. The lowest BCUT2D eigenvalue weighted by atomic mass is 9.88. The van der Waals surface area contributed by atoms with Crippen LogP contribution in [0.25, 0.3) is 0 Å².